The van der Waals surface area contributed by atoms with Crippen molar-refractivity contribution in [3.8, 4) is 39.6 Å². The standard InChI is InChI=1S/C59H36N4S/c1-8-26-47-38(17-1)39-18-2-9-27-48(39)61(47)53-32-15-24-44(45-25-16-34-55-59(45)46-23-7-14-33-54(46)64-55)58(53)37-35-56(62-49-28-10-3-19-40(49)41-20-4-11-29-50(41)62)60-57(36-37)63-51-30-12-5-21-42(51)43-22-6-13-31-52(43)63/h1-36H/i3D,4D,10D,11D,19D,20D,28D,29D. The first-order valence-electron chi connectivity index (χ1n) is 25.1. The summed E-state index contributed by atoms with van der Waals surface area (Å²) >= 11 is 1.75. The summed E-state index contributed by atoms with van der Waals surface area (Å²) in [6.07, 6.45) is 0. The Morgan fingerprint density at radius 2 is 0.828 bits per heavy atom. The largest absolute Gasteiger partial charge is 0.309 e. The third kappa shape index (κ3) is 5.01. The molecule has 14 aromatic rings. The van der Waals surface area contributed by atoms with Crippen LogP contribution >= 0.6 is 11.3 Å². The number of pyridine rings is 1. The fourth-order valence-corrected chi connectivity index (χ4v) is 11.3. The molecule has 298 valence electrons. The molecule has 5 heteroatoms. The molecule has 0 spiro atoms. The van der Waals surface area contributed by atoms with Crippen LogP contribution in [0.15, 0.2) is 218 Å². The molecule has 0 aliphatic rings. The lowest BCUT2D eigenvalue weighted by atomic mass is 9.90. The summed E-state index contributed by atoms with van der Waals surface area (Å²) in [6, 6.07) is 54.7. The molecule has 64 heavy (non-hydrogen) atoms. The lowest BCUT2D eigenvalue weighted by Gasteiger charge is -2.21. The highest BCUT2D eigenvalue weighted by atomic mass is 32.1. The van der Waals surface area contributed by atoms with Gasteiger partial charge in [-0.25, -0.2) is 4.98 Å². The van der Waals surface area contributed by atoms with E-state index in [-0.39, 0.29) is 27.6 Å². The van der Waals surface area contributed by atoms with Gasteiger partial charge in [-0.1, -0.05) is 152 Å². The van der Waals surface area contributed by atoms with Crippen LogP contribution in [0.2, 0.25) is 0 Å². The molecule has 5 heterocycles. The first-order valence-corrected chi connectivity index (χ1v) is 22.0. The normalized spacial score (nSPS) is 13.8. The van der Waals surface area contributed by atoms with Crippen LogP contribution in [0.5, 0.6) is 0 Å². The zero-order valence-electron chi connectivity index (χ0n) is 41.9. The van der Waals surface area contributed by atoms with Gasteiger partial charge in [0.05, 0.1) is 49.8 Å². The number of fused-ring (bicyclic) bond motifs is 12. The van der Waals surface area contributed by atoms with Crippen molar-refractivity contribution in [1.29, 1.82) is 0 Å². The highest BCUT2D eigenvalue weighted by Gasteiger charge is 2.24. The van der Waals surface area contributed by atoms with E-state index in [1.54, 1.807) is 11.3 Å². The molecule has 0 unspecified atom stereocenters. The van der Waals surface area contributed by atoms with Gasteiger partial charge in [-0.3, -0.25) is 9.13 Å². The predicted octanol–water partition coefficient (Wildman–Crippen LogP) is 16.1. The molecule has 14 rings (SSSR count). The molecule has 0 radical (unpaired) electrons. The van der Waals surface area contributed by atoms with Gasteiger partial charge in [0.2, 0.25) is 0 Å². The number of nitrogens with zero attached hydrogens (tertiary/aromatic N) is 4. The molecule has 9 aromatic carbocycles. The Bertz CT molecular complexity index is 4510. The lowest BCUT2D eigenvalue weighted by molar-refractivity contribution is 1.01. The van der Waals surface area contributed by atoms with Crippen LogP contribution in [-0.4, -0.2) is 18.7 Å². The quantitative estimate of drug-likeness (QED) is 0.170. The Labute approximate surface area is 383 Å². The lowest BCUT2D eigenvalue weighted by Crippen LogP contribution is -2.06. The van der Waals surface area contributed by atoms with E-state index in [1.807, 2.05) is 30.3 Å². The average molecular weight is 841 g/mol. The summed E-state index contributed by atoms with van der Waals surface area (Å²) in [7, 11) is 0. The molecule has 0 N–H and O–H groups in total. The van der Waals surface area contributed by atoms with Crippen molar-refractivity contribution in [2.75, 3.05) is 0 Å². The van der Waals surface area contributed by atoms with Gasteiger partial charge in [0.15, 0.2) is 0 Å². The maximum Gasteiger partial charge on any atom is 0.140 e. The highest BCUT2D eigenvalue weighted by Crippen LogP contribution is 2.47. The maximum absolute atomic E-state index is 9.52. The summed E-state index contributed by atoms with van der Waals surface area (Å²) in [6.45, 7) is 0. The molecular formula is C59H36N4S. The molecule has 0 saturated heterocycles. The van der Waals surface area contributed by atoms with E-state index in [1.165, 1.54) is 9.27 Å². The van der Waals surface area contributed by atoms with Gasteiger partial charge in [-0.15, -0.1) is 11.3 Å². The second kappa shape index (κ2) is 13.6. The van der Waals surface area contributed by atoms with Gasteiger partial charge in [0.1, 0.15) is 11.6 Å². The molecule has 0 aliphatic carbocycles. The SMILES string of the molecule is [2H]c1c([2H])c([2H])c2c(c1[2H])c1c([2H])c([2H])c([2H])c([2H])c1n2-c1cc(-c2c(-c3cccc4sc5ccccc5c34)cccc2-n2c3ccccc3c3ccccc32)cc(-n2c3ccccc3c3ccccc32)n1. The molecule has 0 aliphatic heterocycles. The Morgan fingerprint density at radius 1 is 0.375 bits per heavy atom. The molecule has 0 atom stereocenters. The Balaban J connectivity index is 1.21. The van der Waals surface area contributed by atoms with Gasteiger partial charge in [-0.2, -0.15) is 0 Å². The topological polar surface area (TPSA) is 27.7 Å². The van der Waals surface area contributed by atoms with Crippen molar-refractivity contribution in [3.63, 3.8) is 0 Å². The van der Waals surface area contributed by atoms with E-state index < -0.39 is 48.3 Å². The highest BCUT2D eigenvalue weighted by molar-refractivity contribution is 7.25. The van der Waals surface area contributed by atoms with Crippen LogP contribution in [0.1, 0.15) is 11.0 Å². The van der Waals surface area contributed by atoms with Crippen LogP contribution in [0.3, 0.4) is 0 Å². The summed E-state index contributed by atoms with van der Waals surface area (Å²) in [4.78, 5) is 5.48. The summed E-state index contributed by atoms with van der Waals surface area (Å²) in [5, 5.41) is 6.40. The van der Waals surface area contributed by atoms with Crippen molar-refractivity contribution in [1.82, 2.24) is 18.7 Å². The number of rotatable bonds is 5. The van der Waals surface area contributed by atoms with E-state index in [2.05, 4.69) is 149 Å². The molecule has 0 bridgehead atoms. The van der Waals surface area contributed by atoms with Crippen molar-refractivity contribution in [2.45, 2.75) is 0 Å². The minimum absolute atomic E-state index is 0.00811. The third-order valence-electron chi connectivity index (χ3n) is 12.7. The van der Waals surface area contributed by atoms with E-state index in [0.29, 0.717) is 11.4 Å². The Kier molecular flexibility index (Phi) is 6.04. The number of hydrogen-bond donors (Lipinski definition) is 0. The molecule has 0 amide bonds. The minimum Gasteiger partial charge on any atom is -0.309 e. The predicted molar refractivity (Wildman–Crippen MR) is 271 cm³/mol. The van der Waals surface area contributed by atoms with E-state index >= 15 is 0 Å². The van der Waals surface area contributed by atoms with Crippen molar-refractivity contribution in [3.05, 3.63) is 218 Å². The second-order valence-electron chi connectivity index (χ2n) is 16.1. The van der Waals surface area contributed by atoms with Crippen LogP contribution in [-0.2, 0) is 0 Å². The fourth-order valence-electron chi connectivity index (χ4n) is 10.1. The van der Waals surface area contributed by atoms with Gasteiger partial charge in [0.25, 0.3) is 0 Å². The van der Waals surface area contributed by atoms with Crippen molar-refractivity contribution in [2.24, 2.45) is 0 Å². The fraction of sp³-hybridized carbons (Fsp3) is 0. The molecular weight excluding hydrogens is 797 g/mol. The zero-order valence-corrected chi connectivity index (χ0v) is 34.7. The number of para-hydroxylation sites is 6. The Hall–Kier alpha value is -8.25. The van der Waals surface area contributed by atoms with E-state index in [0.717, 1.165) is 81.5 Å². The molecule has 0 saturated carbocycles. The number of hydrogen-bond acceptors (Lipinski definition) is 2. The summed E-state index contributed by atoms with van der Waals surface area (Å²) in [5.74, 6) is 0.681. The van der Waals surface area contributed by atoms with Gasteiger partial charge >= 0.3 is 0 Å². The minimum atomic E-state index is -0.508. The maximum atomic E-state index is 9.52. The molecule has 0 fully saturated rings. The van der Waals surface area contributed by atoms with Crippen LogP contribution < -0.4 is 0 Å². The van der Waals surface area contributed by atoms with Gasteiger partial charge in [0, 0.05) is 58.1 Å². The van der Waals surface area contributed by atoms with Crippen LogP contribution in [0.4, 0.5) is 0 Å². The van der Waals surface area contributed by atoms with Crippen molar-refractivity contribution < 1.29 is 11.0 Å². The Morgan fingerprint density at radius 3 is 1.42 bits per heavy atom. The molecule has 4 nitrogen and oxygen atoms in total. The monoisotopic (exact) mass is 840 g/mol. The molecule has 5 aromatic heterocycles. The summed E-state index contributed by atoms with van der Waals surface area (Å²) < 4.78 is 81.4. The summed E-state index contributed by atoms with van der Waals surface area (Å²) in [5.41, 5.74) is 8.12. The average Bonchev–Trinajstić information content (AvgIpc) is 4.18. The van der Waals surface area contributed by atoms with Crippen LogP contribution in [0, 0.1) is 0 Å². The van der Waals surface area contributed by atoms with Gasteiger partial charge in [-0.05, 0) is 83.4 Å². The third-order valence-corrected chi connectivity index (χ3v) is 13.9. The first kappa shape index (κ1) is 28.4. The first-order chi connectivity index (χ1) is 35.1. The van der Waals surface area contributed by atoms with E-state index in [9.17, 15) is 5.48 Å². The number of benzene rings is 9. The number of thiophene rings is 1. The second-order valence-corrected chi connectivity index (χ2v) is 17.2. The van der Waals surface area contributed by atoms with E-state index in [4.69, 9.17) is 10.5 Å². The van der Waals surface area contributed by atoms with Crippen molar-refractivity contribution >= 4 is 96.9 Å². The van der Waals surface area contributed by atoms with Crippen LogP contribution in [0.25, 0.3) is 125 Å². The zero-order chi connectivity index (χ0) is 48.8. The smallest absolute Gasteiger partial charge is 0.140 e. The van der Waals surface area contributed by atoms with Gasteiger partial charge < -0.3 is 4.57 Å². The number of aromatic nitrogens is 4.